The van der Waals surface area contributed by atoms with Gasteiger partial charge in [0.1, 0.15) is 5.75 Å². The quantitative estimate of drug-likeness (QED) is 0.798. The predicted molar refractivity (Wildman–Crippen MR) is 44.3 cm³/mol. The number of carbonyl (C=O) groups is 1. The molecule has 4 nitrogen and oxygen atoms in total. The molecule has 0 fully saturated rings. The minimum Gasteiger partial charge on any atom is -0.495 e. The number of amides is 1. The normalized spacial score (nSPS) is 10.3. The van der Waals surface area contributed by atoms with Gasteiger partial charge in [0, 0.05) is 6.20 Å². The molecular formula is C8H8F2N2O2. The summed E-state index contributed by atoms with van der Waals surface area (Å²) >= 11 is 0. The second kappa shape index (κ2) is 3.99. The molecule has 0 bridgehead atoms. The fraction of sp³-hybridized carbons (Fsp3) is 0.250. The Hall–Kier alpha value is -1.72. The van der Waals surface area contributed by atoms with E-state index >= 15 is 0 Å². The molecule has 0 atom stereocenters. The van der Waals surface area contributed by atoms with Gasteiger partial charge in [-0.15, -0.1) is 0 Å². The van der Waals surface area contributed by atoms with Gasteiger partial charge in [0.15, 0.2) is 0 Å². The smallest absolute Gasteiger partial charge is 0.268 e. The highest BCUT2D eigenvalue weighted by Gasteiger charge is 2.21. The molecule has 14 heavy (non-hydrogen) atoms. The lowest BCUT2D eigenvalue weighted by molar-refractivity contribution is 0.0983. The van der Waals surface area contributed by atoms with E-state index in [2.05, 4.69) is 9.72 Å². The van der Waals surface area contributed by atoms with E-state index in [0.29, 0.717) is 0 Å². The van der Waals surface area contributed by atoms with Crippen molar-refractivity contribution < 1.29 is 18.3 Å². The molecule has 0 aliphatic carbocycles. The van der Waals surface area contributed by atoms with Crippen LogP contribution in [0.1, 0.15) is 22.3 Å². The van der Waals surface area contributed by atoms with Crippen molar-refractivity contribution in [3.63, 3.8) is 0 Å². The first kappa shape index (κ1) is 10.4. The standard InChI is InChI=1S/C8H8F2N2O2/c1-14-5-3-12-2-4(8(11)13)6(5)7(9)10/h2-3,7H,1H3,(H2,11,13). The lowest BCUT2D eigenvalue weighted by Crippen LogP contribution is -2.15. The van der Waals surface area contributed by atoms with Gasteiger partial charge in [0.2, 0.25) is 0 Å². The van der Waals surface area contributed by atoms with Crippen LogP contribution in [0, 0.1) is 0 Å². The van der Waals surface area contributed by atoms with Crippen molar-refractivity contribution in [2.75, 3.05) is 7.11 Å². The first-order valence-corrected chi connectivity index (χ1v) is 3.67. The summed E-state index contributed by atoms with van der Waals surface area (Å²) in [6, 6.07) is 0. The van der Waals surface area contributed by atoms with Crippen molar-refractivity contribution in [3.05, 3.63) is 23.5 Å². The highest BCUT2D eigenvalue weighted by atomic mass is 19.3. The highest BCUT2D eigenvalue weighted by molar-refractivity contribution is 5.94. The number of alkyl halides is 2. The SMILES string of the molecule is COc1cncc(C(N)=O)c1C(F)F. The fourth-order valence-electron chi connectivity index (χ4n) is 1.04. The van der Waals surface area contributed by atoms with Crippen LogP contribution in [-0.2, 0) is 0 Å². The molecule has 0 spiro atoms. The van der Waals surface area contributed by atoms with Gasteiger partial charge in [-0.2, -0.15) is 0 Å². The van der Waals surface area contributed by atoms with E-state index in [1.807, 2.05) is 0 Å². The van der Waals surface area contributed by atoms with E-state index in [0.717, 1.165) is 12.4 Å². The Labute approximate surface area is 78.7 Å². The molecule has 0 saturated carbocycles. The Balaban J connectivity index is 3.35. The molecule has 0 unspecified atom stereocenters. The number of ether oxygens (including phenoxy) is 1. The maximum absolute atomic E-state index is 12.5. The number of halogens is 2. The van der Waals surface area contributed by atoms with E-state index in [1.165, 1.54) is 7.11 Å². The maximum atomic E-state index is 12.5. The zero-order valence-electron chi connectivity index (χ0n) is 7.33. The summed E-state index contributed by atoms with van der Waals surface area (Å²) < 4.78 is 29.7. The Kier molecular flexibility index (Phi) is 2.95. The Morgan fingerprint density at radius 1 is 1.57 bits per heavy atom. The predicted octanol–water partition coefficient (Wildman–Crippen LogP) is 1.13. The van der Waals surface area contributed by atoms with Crippen molar-refractivity contribution in [2.45, 2.75) is 6.43 Å². The molecule has 2 N–H and O–H groups in total. The van der Waals surface area contributed by atoms with Crippen molar-refractivity contribution in [2.24, 2.45) is 5.73 Å². The van der Waals surface area contributed by atoms with Gasteiger partial charge in [-0.1, -0.05) is 0 Å². The number of pyridine rings is 1. The van der Waals surface area contributed by atoms with Gasteiger partial charge in [-0.05, 0) is 0 Å². The van der Waals surface area contributed by atoms with Crippen molar-refractivity contribution >= 4 is 5.91 Å². The van der Waals surface area contributed by atoms with Crippen LogP contribution in [0.15, 0.2) is 12.4 Å². The lowest BCUT2D eigenvalue weighted by Gasteiger charge is -2.09. The molecule has 0 aliphatic heterocycles. The van der Waals surface area contributed by atoms with Gasteiger partial charge >= 0.3 is 0 Å². The number of rotatable bonds is 3. The average molecular weight is 202 g/mol. The van der Waals surface area contributed by atoms with Crippen LogP contribution in [-0.4, -0.2) is 18.0 Å². The van der Waals surface area contributed by atoms with Crippen LogP contribution in [0.2, 0.25) is 0 Å². The molecule has 1 rings (SSSR count). The molecule has 1 aromatic rings. The van der Waals surface area contributed by atoms with E-state index in [1.54, 1.807) is 0 Å². The van der Waals surface area contributed by atoms with Crippen LogP contribution >= 0.6 is 0 Å². The Bertz CT molecular complexity index is 355. The summed E-state index contributed by atoms with van der Waals surface area (Å²) in [6.45, 7) is 0. The summed E-state index contributed by atoms with van der Waals surface area (Å²) in [6.07, 6.45) is -0.726. The van der Waals surface area contributed by atoms with Gasteiger partial charge in [0.05, 0.1) is 24.4 Å². The molecule has 1 amide bonds. The first-order valence-electron chi connectivity index (χ1n) is 3.67. The monoisotopic (exact) mass is 202 g/mol. The largest absolute Gasteiger partial charge is 0.495 e. The summed E-state index contributed by atoms with van der Waals surface area (Å²) in [4.78, 5) is 14.3. The Morgan fingerprint density at radius 3 is 2.64 bits per heavy atom. The summed E-state index contributed by atoms with van der Waals surface area (Å²) in [7, 11) is 1.22. The maximum Gasteiger partial charge on any atom is 0.268 e. The molecular weight excluding hydrogens is 194 g/mol. The molecule has 1 aromatic heterocycles. The lowest BCUT2D eigenvalue weighted by atomic mass is 10.1. The number of hydrogen-bond acceptors (Lipinski definition) is 3. The number of aromatic nitrogens is 1. The minimum absolute atomic E-state index is 0.142. The summed E-state index contributed by atoms with van der Waals surface area (Å²) in [5, 5.41) is 0. The Morgan fingerprint density at radius 2 is 2.21 bits per heavy atom. The van der Waals surface area contributed by atoms with Crippen LogP contribution in [0.5, 0.6) is 5.75 Å². The highest BCUT2D eigenvalue weighted by Crippen LogP contribution is 2.30. The van der Waals surface area contributed by atoms with E-state index in [-0.39, 0.29) is 11.3 Å². The first-order chi connectivity index (χ1) is 6.57. The number of primary amides is 1. The van der Waals surface area contributed by atoms with E-state index in [4.69, 9.17) is 5.73 Å². The second-order valence-corrected chi connectivity index (χ2v) is 2.47. The van der Waals surface area contributed by atoms with Crippen molar-refractivity contribution in [1.29, 1.82) is 0 Å². The molecule has 0 radical (unpaired) electrons. The van der Waals surface area contributed by atoms with Crippen molar-refractivity contribution in [1.82, 2.24) is 4.98 Å². The zero-order chi connectivity index (χ0) is 10.7. The average Bonchev–Trinajstić information content (AvgIpc) is 2.16. The molecule has 0 aromatic carbocycles. The number of nitrogens with two attached hydrogens (primary N) is 1. The van der Waals surface area contributed by atoms with E-state index in [9.17, 15) is 13.6 Å². The number of methoxy groups -OCH3 is 1. The molecule has 1 heterocycles. The van der Waals surface area contributed by atoms with Crippen LogP contribution in [0.4, 0.5) is 8.78 Å². The molecule has 0 aliphatic rings. The van der Waals surface area contributed by atoms with Crippen molar-refractivity contribution in [3.8, 4) is 5.75 Å². The van der Waals surface area contributed by atoms with Crippen LogP contribution in [0.3, 0.4) is 0 Å². The van der Waals surface area contributed by atoms with Crippen LogP contribution < -0.4 is 10.5 Å². The number of carbonyl (C=O) groups excluding carboxylic acids is 1. The van der Waals surface area contributed by atoms with Gasteiger partial charge in [-0.25, -0.2) is 8.78 Å². The summed E-state index contributed by atoms with van der Waals surface area (Å²) in [5.74, 6) is -1.09. The topological polar surface area (TPSA) is 65.2 Å². The molecule has 0 saturated heterocycles. The minimum atomic E-state index is -2.82. The van der Waals surface area contributed by atoms with Gasteiger partial charge in [0.25, 0.3) is 12.3 Å². The number of hydrogen-bond donors (Lipinski definition) is 1. The summed E-state index contributed by atoms with van der Waals surface area (Å²) in [5.41, 5.74) is 4.07. The van der Waals surface area contributed by atoms with Gasteiger partial charge in [-0.3, -0.25) is 9.78 Å². The van der Waals surface area contributed by atoms with E-state index < -0.39 is 17.9 Å². The molecule has 76 valence electrons. The third-order valence-electron chi connectivity index (χ3n) is 1.65. The van der Waals surface area contributed by atoms with Gasteiger partial charge < -0.3 is 10.5 Å². The third-order valence-corrected chi connectivity index (χ3v) is 1.65. The molecule has 6 heteroatoms. The zero-order valence-corrected chi connectivity index (χ0v) is 7.33. The second-order valence-electron chi connectivity index (χ2n) is 2.47. The van der Waals surface area contributed by atoms with Crippen LogP contribution in [0.25, 0.3) is 0 Å². The fourth-order valence-corrected chi connectivity index (χ4v) is 1.04. The third kappa shape index (κ3) is 1.78. The number of nitrogens with zero attached hydrogens (tertiary/aromatic N) is 1.